The molecule has 1 saturated heterocycles. The van der Waals surface area contributed by atoms with Crippen molar-refractivity contribution in [2.45, 2.75) is 262 Å². The van der Waals surface area contributed by atoms with Crippen molar-refractivity contribution in [2.75, 3.05) is 13.2 Å². The number of carbonyl (C=O) groups is 1. The fourth-order valence-electron chi connectivity index (χ4n) is 7.57. The first-order chi connectivity index (χ1) is 26.8. The summed E-state index contributed by atoms with van der Waals surface area (Å²) in [5.74, 6) is -0.145. The minimum Gasteiger partial charge on any atom is -0.394 e. The Hall–Kier alpha value is -1.07. The molecule has 0 radical (unpaired) electrons. The molecule has 0 aromatic rings. The highest BCUT2D eigenvalue weighted by Gasteiger charge is 2.44. The number of hydrogen-bond acceptors (Lipinski definition) is 8. The standard InChI is InChI=1S/C46H89NO8/c1-3-5-7-9-11-13-14-15-16-17-18-19-20-21-22-23-24-25-26-28-30-32-34-36-42(50)47-39(40(49)35-33-31-29-27-12-10-8-6-4-2)38-54-46-45(53)44(52)43(51)41(37-48)55-46/h15-16,39-41,43-46,48-49,51-53H,3-14,17-38H2,1-2H3,(H,47,50)/b16-15+/t39-,40+,41-,43-,44?,45?,46-/m0/s1. The van der Waals surface area contributed by atoms with Crippen LogP contribution in [0.2, 0.25) is 0 Å². The van der Waals surface area contributed by atoms with Crippen molar-refractivity contribution in [2.24, 2.45) is 0 Å². The molecule has 6 N–H and O–H groups in total. The van der Waals surface area contributed by atoms with Crippen molar-refractivity contribution in [3.63, 3.8) is 0 Å². The number of aliphatic hydroxyl groups is 5. The highest BCUT2D eigenvalue weighted by atomic mass is 16.7. The topological polar surface area (TPSA) is 149 Å². The number of carbonyl (C=O) groups excluding carboxylic acids is 1. The molecule has 1 amide bonds. The number of allylic oxidation sites excluding steroid dienone is 2. The van der Waals surface area contributed by atoms with Crippen molar-refractivity contribution < 1.29 is 39.8 Å². The smallest absolute Gasteiger partial charge is 0.220 e. The third kappa shape index (κ3) is 28.1. The molecule has 0 spiro atoms. The molecule has 1 fully saturated rings. The summed E-state index contributed by atoms with van der Waals surface area (Å²) in [7, 11) is 0. The second-order valence-electron chi connectivity index (χ2n) is 16.6. The number of unbranched alkanes of at least 4 members (excludes halogenated alkanes) is 27. The van der Waals surface area contributed by atoms with E-state index in [4.69, 9.17) is 9.47 Å². The Morgan fingerprint density at radius 2 is 1.02 bits per heavy atom. The molecule has 1 rings (SSSR count). The molecule has 326 valence electrons. The zero-order valence-corrected chi connectivity index (χ0v) is 35.7. The Balaban J connectivity index is 2.21. The van der Waals surface area contributed by atoms with E-state index in [1.807, 2.05) is 0 Å². The van der Waals surface area contributed by atoms with Gasteiger partial charge in [-0.25, -0.2) is 0 Å². The van der Waals surface area contributed by atoms with Gasteiger partial charge in [-0.3, -0.25) is 4.79 Å². The van der Waals surface area contributed by atoms with Gasteiger partial charge in [-0.1, -0.05) is 187 Å². The van der Waals surface area contributed by atoms with Gasteiger partial charge in [-0.15, -0.1) is 0 Å². The van der Waals surface area contributed by atoms with Crippen LogP contribution in [0.5, 0.6) is 0 Å². The van der Waals surface area contributed by atoms with E-state index < -0.39 is 49.5 Å². The first kappa shape index (κ1) is 51.9. The van der Waals surface area contributed by atoms with Crippen LogP contribution >= 0.6 is 0 Å². The van der Waals surface area contributed by atoms with Crippen molar-refractivity contribution in [3.8, 4) is 0 Å². The summed E-state index contributed by atoms with van der Waals surface area (Å²) in [5, 5.41) is 54.2. The van der Waals surface area contributed by atoms with E-state index >= 15 is 0 Å². The summed E-state index contributed by atoms with van der Waals surface area (Å²) in [6.45, 7) is 3.81. The third-order valence-corrected chi connectivity index (χ3v) is 11.4. The van der Waals surface area contributed by atoms with Crippen LogP contribution in [0.3, 0.4) is 0 Å². The predicted molar refractivity (Wildman–Crippen MR) is 226 cm³/mol. The highest BCUT2D eigenvalue weighted by Crippen LogP contribution is 2.23. The molecular formula is C46H89NO8. The average molecular weight is 784 g/mol. The zero-order valence-electron chi connectivity index (χ0n) is 35.7. The van der Waals surface area contributed by atoms with Crippen LogP contribution in [-0.2, 0) is 14.3 Å². The van der Waals surface area contributed by atoms with Crippen LogP contribution in [-0.4, -0.2) is 87.5 Å². The number of hydrogen-bond donors (Lipinski definition) is 6. The van der Waals surface area contributed by atoms with E-state index in [1.54, 1.807) is 0 Å². The number of ether oxygens (including phenoxy) is 2. The van der Waals surface area contributed by atoms with Crippen molar-refractivity contribution in [1.82, 2.24) is 5.32 Å². The molecular weight excluding hydrogens is 695 g/mol. The predicted octanol–water partition coefficient (Wildman–Crippen LogP) is 9.73. The fraction of sp³-hybridized carbons (Fsp3) is 0.935. The SMILES string of the molecule is CCCCCCCC/C=C/CCCCCCCCCCCCCCCC(=O)N[C@@H](CO[C@H]1O[C@@H](CO)[C@H](O)C(O)C1O)[C@H](O)CCCCCCCCCCC. The number of nitrogens with one attached hydrogen (secondary N) is 1. The van der Waals surface area contributed by atoms with Gasteiger partial charge in [0, 0.05) is 6.42 Å². The van der Waals surface area contributed by atoms with Crippen LogP contribution in [0.15, 0.2) is 12.2 Å². The highest BCUT2D eigenvalue weighted by molar-refractivity contribution is 5.76. The summed E-state index contributed by atoms with van der Waals surface area (Å²) in [6, 6.07) is -0.712. The number of amides is 1. The Morgan fingerprint density at radius 1 is 0.600 bits per heavy atom. The van der Waals surface area contributed by atoms with Gasteiger partial charge in [0.25, 0.3) is 0 Å². The van der Waals surface area contributed by atoms with Crippen LogP contribution in [0, 0.1) is 0 Å². The Labute approximate surface area is 337 Å². The summed E-state index contributed by atoms with van der Waals surface area (Å²) >= 11 is 0. The molecule has 0 aromatic heterocycles. The molecule has 55 heavy (non-hydrogen) atoms. The van der Waals surface area contributed by atoms with E-state index in [0.717, 1.165) is 38.5 Å². The van der Waals surface area contributed by atoms with Gasteiger partial charge in [0.05, 0.1) is 25.4 Å². The van der Waals surface area contributed by atoms with E-state index in [2.05, 4.69) is 31.3 Å². The molecule has 1 heterocycles. The van der Waals surface area contributed by atoms with Crippen molar-refractivity contribution in [3.05, 3.63) is 12.2 Å². The maximum Gasteiger partial charge on any atom is 0.220 e. The van der Waals surface area contributed by atoms with Gasteiger partial charge in [0.1, 0.15) is 24.4 Å². The molecule has 9 heteroatoms. The van der Waals surface area contributed by atoms with E-state index in [1.165, 1.54) is 154 Å². The third-order valence-electron chi connectivity index (χ3n) is 11.4. The summed E-state index contributed by atoms with van der Waals surface area (Å²) < 4.78 is 11.2. The second-order valence-corrected chi connectivity index (χ2v) is 16.6. The minimum atomic E-state index is -1.55. The lowest BCUT2D eigenvalue weighted by Crippen LogP contribution is -2.60. The molecule has 1 aliphatic rings. The molecule has 2 unspecified atom stereocenters. The van der Waals surface area contributed by atoms with E-state index in [9.17, 15) is 30.3 Å². The van der Waals surface area contributed by atoms with E-state index in [-0.39, 0.29) is 12.5 Å². The Morgan fingerprint density at radius 3 is 1.47 bits per heavy atom. The van der Waals surface area contributed by atoms with Gasteiger partial charge in [-0.2, -0.15) is 0 Å². The largest absolute Gasteiger partial charge is 0.394 e. The molecule has 1 aliphatic heterocycles. The minimum absolute atomic E-state index is 0.135. The molecule has 0 aromatic carbocycles. The summed E-state index contributed by atoms with van der Waals surface area (Å²) in [5.41, 5.74) is 0. The van der Waals surface area contributed by atoms with Crippen LogP contribution < -0.4 is 5.32 Å². The second kappa shape index (κ2) is 37.2. The lowest BCUT2D eigenvalue weighted by Gasteiger charge is -2.40. The zero-order chi connectivity index (χ0) is 40.2. The molecule has 0 bridgehead atoms. The summed E-state index contributed by atoms with van der Waals surface area (Å²) in [4.78, 5) is 12.9. The van der Waals surface area contributed by atoms with E-state index in [0.29, 0.717) is 12.8 Å². The Bertz CT molecular complexity index is 873. The van der Waals surface area contributed by atoms with Crippen LogP contribution in [0.25, 0.3) is 0 Å². The Kier molecular flexibility index (Phi) is 35.2. The van der Waals surface area contributed by atoms with Gasteiger partial charge in [-0.05, 0) is 38.5 Å². The maximum absolute atomic E-state index is 12.9. The molecule has 7 atom stereocenters. The number of rotatable bonds is 39. The lowest BCUT2D eigenvalue weighted by molar-refractivity contribution is -0.302. The van der Waals surface area contributed by atoms with Gasteiger partial charge < -0.3 is 40.3 Å². The van der Waals surface area contributed by atoms with Gasteiger partial charge in [0.15, 0.2) is 6.29 Å². The molecule has 9 nitrogen and oxygen atoms in total. The fourth-order valence-corrected chi connectivity index (χ4v) is 7.57. The average Bonchev–Trinajstić information content (AvgIpc) is 3.18. The van der Waals surface area contributed by atoms with Crippen LogP contribution in [0.4, 0.5) is 0 Å². The first-order valence-electron chi connectivity index (χ1n) is 23.4. The lowest BCUT2D eigenvalue weighted by atomic mass is 9.99. The van der Waals surface area contributed by atoms with Gasteiger partial charge >= 0.3 is 0 Å². The van der Waals surface area contributed by atoms with Crippen molar-refractivity contribution in [1.29, 1.82) is 0 Å². The first-order valence-corrected chi connectivity index (χ1v) is 23.4. The number of aliphatic hydroxyl groups excluding tert-OH is 5. The maximum atomic E-state index is 12.9. The normalized spacial score (nSPS) is 21.3. The molecule has 0 aliphatic carbocycles. The monoisotopic (exact) mass is 784 g/mol. The van der Waals surface area contributed by atoms with Crippen LogP contribution in [0.1, 0.15) is 219 Å². The van der Waals surface area contributed by atoms with Gasteiger partial charge in [0.2, 0.25) is 5.91 Å². The molecule has 0 saturated carbocycles. The quantitative estimate of drug-likeness (QED) is 0.0267. The van der Waals surface area contributed by atoms with Crippen molar-refractivity contribution >= 4 is 5.91 Å². The summed E-state index contributed by atoms with van der Waals surface area (Å²) in [6.07, 6.45) is 35.2.